The Morgan fingerprint density at radius 2 is 1.63 bits per heavy atom. The lowest BCUT2D eigenvalue weighted by Crippen LogP contribution is -2.39. The van der Waals surface area contributed by atoms with Crippen LogP contribution in [-0.4, -0.2) is 55.5 Å². The number of benzene rings is 3. The summed E-state index contributed by atoms with van der Waals surface area (Å²) in [7, 11) is 2.77. The van der Waals surface area contributed by atoms with Crippen molar-refractivity contribution in [2.75, 3.05) is 31.0 Å². The Balaban J connectivity index is 1.54. The van der Waals surface area contributed by atoms with E-state index in [2.05, 4.69) is 10.1 Å². The van der Waals surface area contributed by atoms with Crippen LogP contribution in [0.3, 0.4) is 0 Å². The van der Waals surface area contributed by atoms with Gasteiger partial charge in [-0.2, -0.15) is 0 Å². The molecule has 0 bridgehead atoms. The van der Waals surface area contributed by atoms with Gasteiger partial charge < -0.3 is 19.7 Å². The van der Waals surface area contributed by atoms with E-state index < -0.39 is 35.7 Å². The average Bonchev–Trinajstić information content (AvgIpc) is 3.16. The summed E-state index contributed by atoms with van der Waals surface area (Å²) < 4.78 is 24.0. The number of methoxy groups -OCH3 is 2. The lowest BCUT2D eigenvalue weighted by molar-refractivity contribution is -0.124. The van der Waals surface area contributed by atoms with Crippen LogP contribution in [0.1, 0.15) is 22.3 Å². The van der Waals surface area contributed by atoms with Gasteiger partial charge >= 0.3 is 12.0 Å². The lowest BCUT2D eigenvalue weighted by atomic mass is 10.1. The summed E-state index contributed by atoms with van der Waals surface area (Å²) in [5.74, 6) is -1.44. The number of carbonyl (C=O) groups is 4. The number of ether oxygens (including phenoxy) is 2. The Morgan fingerprint density at radius 3 is 2.26 bits per heavy atom. The molecule has 1 heterocycles. The Bertz CT molecular complexity index is 1340. The topological polar surface area (TPSA) is 105 Å². The summed E-state index contributed by atoms with van der Waals surface area (Å²) in [5, 5.41) is 2.69. The van der Waals surface area contributed by atoms with Crippen LogP contribution in [0.2, 0.25) is 0 Å². The highest BCUT2D eigenvalue weighted by molar-refractivity contribution is 6.22. The van der Waals surface area contributed by atoms with Gasteiger partial charge in [0.05, 0.1) is 31.9 Å². The zero-order valence-corrected chi connectivity index (χ0v) is 20.8. The molecule has 0 radical (unpaired) electrons. The molecule has 10 heteroatoms. The van der Waals surface area contributed by atoms with Crippen LogP contribution in [0.4, 0.5) is 20.6 Å². The van der Waals surface area contributed by atoms with E-state index in [1.165, 1.54) is 49.5 Å². The molecule has 38 heavy (non-hydrogen) atoms. The van der Waals surface area contributed by atoms with Crippen molar-refractivity contribution in [3.05, 3.63) is 89.7 Å². The third-order valence-corrected chi connectivity index (χ3v) is 6.20. The van der Waals surface area contributed by atoms with Crippen molar-refractivity contribution >= 4 is 35.2 Å². The van der Waals surface area contributed by atoms with E-state index in [9.17, 15) is 23.6 Å². The highest BCUT2D eigenvalue weighted by Gasteiger charge is 2.46. The number of esters is 1. The normalized spacial score (nSPS) is 15.0. The first-order valence-corrected chi connectivity index (χ1v) is 11.8. The van der Waals surface area contributed by atoms with Crippen molar-refractivity contribution < 1.29 is 33.0 Å². The molecule has 0 aliphatic carbocycles. The maximum atomic E-state index is 14.2. The number of carbonyl (C=O) groups excluding carboxylic acids is 4. The third-order valence-electron chi connectivity index (χ3n) is 6.20. The predicted molar refractivity (Wildman–Crippen MR) is 138 cm³/mol. The van der Waals surface area contributed by atoms with E-state index in [1.54, 1.807) is 42.5 Å². The fraction of sp³-hybridized carbons (Fsp3) is 0.214. The highest BCUT2D eigenvalue weighted by atomic mass is 19.1. The molecule has 0 saturated carbocycles. The Kier molecular flexibility index (Phi) is 8.00. The summed E-state index contributed by atoms with van der Waals surface area (Å²) in [6.45, 7) is 0.0317. The molecular weight excluding hydrogens is 493 g/mol. The molecule has 1 saturated heterocycles. The molecule has 3 aromatic carbocycles. The molecule has 0 spiro atoms. The van der Waals surface area contributed by atoms with Crippen molar-refractivity contribution in [3.63, 3.8) is 0 Å². The fourth-order valence-electron chi connectivity index (χ4n) is 4.19. The maximum Gasteiger partial charge on any atom is 0.337 e. The minimum atomic E-state index is -1.09. The Morgan fingerprint density at radius 1 is 0.947 bits per heavy atom. The summed E-state index contributed by atoms with van der Waals surface area (Å²) in [6.07, 6.45) is -0.150. The van der Waals surface area contributed by atoms with Crippen molar-refractivity contribution in [1.29, 1.82) is 0 Å². The zero-order valence-electron chi connectivity index (χ0n) is 20.8. The number of halogens is 1. The first kappa shape index (κ1) is 26.3. The van der Waals surface area contributed by atoms with Crippen LogP contribution in [0, 0.1) is 5.82 Å². The number of urea groups is 1. The van der Waals surface area contributed by atoms with Crippen LogP contribution < -0.4 is 15.0 Å². The molecule has 1 N–H and O–H groups in total. The van der Waals surface area contributed by atoms with Crippen LogP contribution >= 0.6 is 0 Å². The molecule has 4 amide bonds. The number of nitrogens with one attached hydrogen (secondary N) is 1. The maximum absolute atomic E-state index is 14.2. The summed E-state index contributed by atoms with van der Waals surface area (Å²) >= 11 is 0. The fourth-order valence-corrected chi connectivity index (χ4v) is 4.19. The number of nitrogens with zero attached hydrogens (tertiary/aromatic N) is 2. The molecule has 1 fully saturated rings. The quantitative estimate of drug-likeness (QED) is 0.338. The number of anilines is 2. The first-order chi connectivity index (χ1) is 18.3. The second-order valence-corrected chi connectivity index (χ2v) is 8.53. The van der Waals surface area contributed by atoms with E-state index in [4.69, 9.17) is 4.74 Å². The minimum Gasteiger partial charge on any atom is -0.497 e. The smallest absolute Gasteiger partial charge is 0.337 e. The molecule has 4 rings (SSSR count). The monoisotopic (exact) mass is 519 g/mol. The van der Waals surface area contributed by atoms with Gasteiger partial charge in [0.1, 0.15) is 17.6 Å². The van der Waals surface area contributed by atoms with Gasteiger partial charge in [0, 0.05) is 12.2 Å². The van der Waals surface area contributed by atoms with E-state index in [1.807, 2.05) is 0 Å². The lowest BCUT2D eigenvalue weighted by Gasteiger charge is -2.21. The molecule has 0 unspecified atom stereocenters. The minimum absolute atomic E-state index is 0.0317. The average molecular weight is 520 g/mol. The number of hydrogen-bond acceptors (Lipinski definition) is 6. The van der Waals surface area contributed by atoms with Crippen molar-refractivity contribution in [3.8, 4) is 5.75 Å². The molecule has 0 aromatic heterocycles. The van der Waals surface area contributed by atoms with Crippen molar-refractivity contribution in [1.82, 2.24) is 4.90 Å². The predicted octanol–water partition coefficient (Wildman–Crippen LogP) is 4.03. The Labute approximate surface area is 218 Å². The molecule has 9 nitrogen and oxygen atoms in total. The van der Waals surface area contributed by atoms with Crippen molar-refractivity contribution in [2.24, 2.45) is 0 Å². The van der Waals surface area contributed by atoms with Crippen LogP contribution in [0.5, 0.6) is 5.75 Å². The molecule has 1 atom stereocenters. The molecule has 3 aromatic rings. The number of hydrogen-bond donors (Lipinski definition) is 1. The second-order valence-electron chi connectivity index (χ2n) is 8.53. The molecular formula is C28H26FN3O6. The van der Waals surface area contributed by atoms with E-state index in [0.717, 1.165) is 4.90 Å². The molecule has 1 aliphatic rings. The number of imide groups is 1. The summed E-state index contributed by atoms with van der Waals surface area (Å²) in [4.78, 5) is 53.7. The second kappa shape index (κ2) is 11.5. The van der Waals surface area contributed by atoms with Crippen molar-refractivity contribution in [2.45, 2.75) is 18.9 Å². The third kappa shape index (κ3) is 5.64. The molecule has 196 valence electrons. The van der Waals surface area contributed by atoms with Gasteiger partial charge in [0.15, 0.2) is 0 Å². The Hall–Kier alpha value is -4.73. The van der Waals surface area contributed by atoms with E-state index in [-0.39, 0.29) is 19.4 Å². The largest absolute Gasteiger partial charge is 0.497 e. The zero-order chi connectivity index (χ0) is 27.2. The first-order valence-electron chi connectivity index (χ1n) is 11.8. The van der Waals surface area contributed by atoms with E-state index in [0.29, 0.717) is 28.3 Å². The standard InChI is InChI=1S/C28H26FN3O6/c1-37-22-13-11-21(12-14-22)32-26(34)24(31(28(32)36)16-15-18-5-3-4-6-23(18)29)17-25(33)30-20-9-7-19(8-10-20)27(35)38-2/h3-14,24H,15-17H2,1-2H3,(H,30,33)/t24-/m0/s1. The highest BCUT2D eigenvalue weighted by Crippen LogP contribution is 2.29. The van der Waals surface area contributed by atoms with Gasteiger partial charge in [-0.1, -0.05) is 18.2 Å². The van der Waals surface area contributed by atoms with Crippen LogP contribution in [0.25, 0.3) is 0 Å². The summed E-state index contributed by atoms with van der Waals surface area (Å²) in [6, 6.07) is 17.0. The van der Waals surface area contributed by atoms with Gasteiger partial charge in [-0.05, 0) is 66.6 Å². The number of amides is 4. The SMILES string of the molecule is COC(=O)c1ccc(NC(=O)C[C@H]2C(=O)N(c3ccc(OC)cc3)C(=O)N2CCc2ccccc2F)cc1. The van der Waals surface area contributed by atoms with Crippen LogP contribution in [0.15, 0.2) is 72.8 Å². The van der Waals surface area contributed by atoms with Gasteiger partial charge in [-0.15, -0.1) is 0 Å². The van der Waals surface area contributed by atoms with Gasteiger partial charge in [-0.25, -0.2) is 18.9 Å². The van der Waals surface area contributed by atoms with Crippen LogP contribution in [-0.2, 0) is 20.7 Å². The molecule has 1 aliphatic heterocycles. The summed E-state index contributed by atoms with van der Waals surface area (Å²) in [5.41, 5.74) is 1.45. The number of rotatable bonds is 9. The van der Waals surface area contributed by atoms with Gasteiger partial charge in [0.25, 0.3) is 5.91 Å². The van der Waals surface area contributed by atoms with E-state index >= 15 is 0 Å². The van der Waals surface area contributed by atoms with Gasteiger partial charge in [0.2, 0.25) is 5.91 Å². The van der Waals surface area contributed by atoms with Gasteiger partial charge in [-0.3, -0.25) is 9.59 Å².